The minimum atomic E-state index is -0.604. The molecule has 5 heteroatoms. The van der Waals surface area contributed by atoms with Crippen LogP contribution in [0.5, 0.6) is 11.5 Å². The number of ketones is 1. The lowest BCUT2D eigenvalue weighted by atomic mass is 10.1. The molecule has 5 nitrogen and oxygen atoms in total. The summed E-state index contributed by atoms with van der Waals surface area (Å²) in [6, 6.07) is 3.16. The summed E-state index contributed by atoms with van der Waals surface area (Å²) in [5.74, 6) is -0.0471. The lowest BCUT2D eigenvalue weighted by Crippen LogP contribution is -2.15. The Hall–Kier alpha value is -2.04. The van der Waals surface area contributed by atoms with E-state index in [2.05, 4.69) is 5.32 Å². The van der Waals surface area contributed by atoms with Crippen molar-refractivity contribution >= 4 is 17.4 Å². The van der Waals surface area contributed by atoms with E-state index in [4.69, 9.17) is 9.47 Å². The van der Waals surface area contributed by atoms with Crippen LogP contribution >= 0.6 is 0 Å². The van der Waals surface area contributed by atoms with E-state index in [1.807, 2.05) is 0 Å². The number of carbonyl (C=O) groups is 2. The monoisotopic (exact) mass is 205 g/mol. The molecule has 0 radical (unpaired) electrons. The molecule has 15 heavy (non-hydrogen) atoms. The van der Waals surface area contributed by atoms with Gasteiger partial charge in [-0.2, -0.15) is 0 Å². The van der Waals surface area contributed by atoms with Gasteiger partial charge in [0.2, 0.25) is 0 Å². The van der Waals surface area contributed by atoms with Crippen molar-refractivity contribution in [1.82, 2.24) is 0 Å². The quantitative estimate of drug-likeness (QED) is 0.629. The number of amides is 1. The maximum Gasteiger partial charge on any atom is 0.296 e. The predicted octanol–water partition coefficient (Wildman–Crippen LogP) is 0.593. The van der Waals surface area contributed by atoms with E-state index in [9.17, 15) is 9.59 Å². The number of nitrogens with one attached hydrogen (secondary N) is 1. The van der Waals surface area contributed by atoms with Gasteiger partial charge in [0.1, 0.15) is 13.2 Å². The van der Waals surface area contributed by atoms with Crippen molar-refractivity contribution in [2.75, 3.05) is 18.5 Å². The molecular weight excluding hydrogens is 198 g/mol. The highest BCUT2D eigenvalue weighted by Crippen LogP contribution is 2.37. The van der Waals surface area contributed by atoms with Gasteiger partial charge in [0, 0.05) is 6.07 Å². The Kier molecular flexibility index (Phi) is 1.50. The van der Waals surface area contributed by atoms with Gasteiger partial charge in [-0.3, -0.25) is 9.59 Å². The van der Waals surface area contributed by atoms with Crippen molar-refractivity contribution in [2.24, 2.45) is 0 Å². The number of hydrogen-bond donors (Lipinski definition) is 1. The van der Waals surface area contributed by atoms with Gasteiger partial charge in [-0.25, -0.2) is 0 Å². The Morgan fingerprint density at radius 3 is 2.47 bits per heavy atom. The summed E-state index contributed by atoms with van der Waals surface area (Å²) in [6.45, 7) is 0.940. The second-order valence-corrected chi connectivity index (χ2v) is 3.32. The van der Waals surface area contributed by atoms with Crippen molar-refractivity contribution in [1.29, 1.82) is 0 Å². The van der Waals surface area contributed by atoms with Crippen molar-refractivity contribution in [2.45, 2.75) is 0 Å². The molecule has 1 aromatic carbocycles. The fourth-order valence-corrected chi connectivity index (χ4v) is 1.68. The average molecular weight is 205 g/mol. The van der Waals surface area contributed by atoms with Crippen molar-refractivity contribution in [3.63, 3.8) is 0 Å². The van der Waals surface area contributed by atoms with Gasteiger partial charge in [0.15, 0.2) is 11.5 Å². The van der Waals surface area contributed by atoms with Crippen LogP contribution in [0.3, 0.4) is 0 Å². The third kappa shape index (κ3) is 1.09. The Morgan fingerprint density at radius 2 is 1.73 bits per heavy atom. The van der Waals surface area contributed by atoms with Crippen LogP contribution in [-0.2, 0) is 4.79 Å². The van der Waals surface area contributed by atoms with Crippen LogP contribution in [-0.4, -0.2) is 24.9 Å². The number of benzene rings is 1. The van der Waals surface area contributed by atoms with Gasteiger partial charge in [-0.1, -0.05) is 0 Å². The maximum atomic E-state index is 11.4. The molecule has 1 N–H and O–H groups in total. The van der Waals surface area contributed by atoms with Crippen LogP contribution in [0.25, 0.3) is 0 Å². The first kappa shape index (κ1) is 8.28. The summed E-state index contributed by atoms with van der Waals surface area (Å²) in [5.41, 5.74) is 0.846. The SMILES string of the molecule is O=C1Nc2cc3c(cc2C1=O)OCCO3. The largest absolute Gasteiger partial charge is 0.486 e. The molecule has 76 valence electrons. The predicted molar refractivity (Wildman–Crippen MR) is 50.4 cm³/mol. The molecule has 0 fully saturated rings. The van der Waals surface area contributed by atoms with E-state index in [1.165, 1.54) is 0 Å². The Bertz CT molecular complexity index is 481. The number of carbonyl (C=O) groups excluding carboxylic acids is 2. The first-order chi connectivity index (χ1) is 7.25. The molecule has 0 spiro atoms. The van der Waals surface area contributed by atoms with Crippen molar-refractivity contribution < 1.29 is 19.1 Å². The summed E-state index contributed by atoms with van der Waals surface area (Å²) < 4.78 is 10.6. The molecule has 2 aliphatic rings. The Labute approximate surface area is 85.0 Å². The van der Waals surface area contributed by atoms with E-state index < -0.39 is 11.7 Å². The molecule has 0 saturated heterocycles. The summed E-state index contributed by atoms with van der Waals surface area (Å²) in [4.78, 5) is 22.5. The zero-order valence-electron chi connectivity index (χ0n) is 7.70. The average Bonchev–Trinajstić information content (AvgIpc) is 2.52. The Morgan fingerprint density at radius 1 is 1.07 bits per heavy atom. The number of fused-ring (bicyclic) bond motifs is 2. The molecule has 0 saturated carbocycles. The molecular formula is C10H7NO4. The maximum absolute atomic E-state index is 11.4. The summed E-state index contributed by atoms with van der Waals surface area (Å²) in [7, 11) is 0. The molecule has 2 aliphatic heterocycles. The molecule has 0 aromatic heterocycles. The lowest BCUT2D eigenvalue weighted by Gasteiger charge is -2.18. The summed E-state index contributed by atoms with van der Waals surface area (Å²) in [6.07, 6.45) is 0. The first-order valence-electron chi connectivity index (χ1n) is 4.55. The molecule has 2 heterocycles. The zero-order valence-corrected chi connectivity index (χ0v) is 7.70. The zero-order chi connectivity index (χ0) is 10.4. The van der Waals surface area contributed by atoms with E-state index in [0.717, 1.165) is 0 Å². The van der Waals surface area contributed by atoms with E-state index in [1.54, 1.807) is 12.1 Å². The minimum Gasteiger partial charge on any atom is -0.486 e. The van der Waals surface area contributed by atoms with Crippen LogP contribution in [0.15, 0.2) is 12.1 Å². The Balaban J connectivity index is 2.16. The lowest BCUT2D eigenvalue weighted by molar-refractivity contribution is -0.112. The van der Waals surface area contributed by atoms with E-state index in [-0.39, 0.29) is 0 Å². The standard InChI is InChI=1S/C10H7NO4/c12-9-5-3-7-8(15-2-1-14-7)4-6(5)11-10(9)13/h3-4H,1-2H2,(H,11,12,13). The summed E-state index contributed by atoms with van der Waals surface area (Å²) in [5, 5.41) is 2.47. The first-order valence-corrected chi connectivity index (χ1v) is 4.55. The number of anilines is 1. The van der Waals surface area contributed by atoms with E-state index in [0.29, 0.717) is 36.0 Å². The number of rotatable bonds is 0. The van der Waals surface area contributed by atoms with Crippen molar-refractivity contribution in [3.05, 3.63) is 17.7 Å². The number of Topliss-reactive ketones (excluding diaryl/α,β-unsaturated/α-hetero) is 1. The van der Waals surface area contributed by atoms with Gasteiger partial charge in [0.05, 0.1) is 11.3 Å². The molecule has 0 atom stereocenters. The van der Waals surface area contributed by atoms with Gasteiger partial charge in [-0.15, -0.1) is 0 Å². The highest BCUT2D eigenvalue weighted by Gasteiger charge is 2.30. The normalized spacial score (nSPS) is 17.3. The second-order valence-electron chi connectivity index (χ2n) is 3.32. The topological polar surface area (TPSA) is 64.6 Å². The van der Waals surface area contributed by atoms with Crippen LogP contribution in [0.2, 0.25) is 0 Å². The molecule has 0 bridgehead atoms. The molecule has 1 aromatic rings. The van der Waals surface area contributed by atoms with Gasteiger partial charge in [0.25, 0.3) is 11.7 Å². The van der Waals surface area contributed by atoms with Crippen LogP contribution in [0, 0.1) is 0 Å². The highest BCUT2D eigenvalue weighted by atomic mass is 16.6. The molecule has 1 amide bonds. The van der Waals surface area contributed by atoms with Crippen LogP contribution in [0.4, 0.5) is 5.69 Å². The smallest absolute Gasteiger partial charge is 0.296 e. The third-order valence-electron chi connectivity index (χ3n) is 2.38. The molecule has 0 unspecified atom stereocenters. The molecule has 0 aliphatic carbocycles. The number of ether oxygens (including phenoxy) is 2. The van der Waals surface area contributed by atoms with Gasteiger partial charge < -0.3 is 14.8 Å². The fraction of sp³-hybridized carbons (Fsp3) is 0.200. The second kappa shape index (κ2) is 2.73. The summed E-state index contributed by atoms with van der Waals surface area (Å²) >= 11 is 0. The van der Waals surface area contributed by atoms with Crippen LogP contribution in [0.1, 0.15) is 10.4 Å². The van der Waals surface area contributed by atoms with Crippen LogP contribution < -0.4 is 14.8 Å². The fourth-order valence-electron chi connectivity index (χ4n) is 1.68. The minimum absolute atomic E-state index is 0.351. The van der Waals surface area contributed by atoms with Gasteiger partial charge in [-0.05, 0) is 6.07 Å². The van der Waals surface area contributed by atoms with E-state index >= 15 is 0 Å². The number of hydrogen-bond acceptors (Lipinski definition) is 4. The van der Waals surface area contributed by atoms with Crippen molar-refractivity contribution in [3.8, 4) is 11.5 Å². The highest BCUT2D eigenvalue weighted by molar-refractivity contribution is 6.51. The van der Waals surface area contributed by atoms with Gasteiger partial charge >= 0.3 is 0 Å². The molecule has 3 rings (SSSR count). The third-order valence-corrected chi connectivity index (χ3v) is 2.38.